The zero-order chi connectivity index (χ0) is 15.4. The van der Waals surface area contributed by atoms with Crippen LogP contribution in [0.3, 0.4) is 0 Å². The molecule has 2 N–H and O–H groups in total. The molecule has 3 nitrogen and oxygen atoms in total. The van der Waals surface area contributed by atoms with Gasteiger partial charge in [0.05, 0.1) is 7.11 Å². The zero-order valence-electron chi connectivity index (χ0n) is 11.9. The number of nitrogens with one attached hydrogen (secondary N) is 1. The van der Waals surface area contributed by atoms with Crippen molar-refractivity contribution in [1.29, 1.82) is 0 Å². The highest BCUT2D eigenvalue weighted by atomic mass is 19.2. The van der Waals surface area contributed by atoms with Gasteiger partial charge in [0.15, 0.2) is 11.6 Å². The van der Waals surface area contributed by atoms with Gasteiger partial charge in [0.25, 0.3) is 0 Å². The lowest BCUT2D eigenvalue weighted by atomic mass is 10.1. The number of phenols is 1. The van der Waals surface area contributed by atoms with Crippen LogP contribution >= 0.6 is 0 Å². The number of hydrogen-bond acceptors (Lipinski definition) is 3. The Morgan fingerprint density at radius 3 is 2.57 bits per heavy atom. The summed E-state index contributed by atoms with van der Waals surface area (Å²) in [5.74, 6) is -0.936. The van der Waals surface area contributed by atoms with E-state index < -0.39 is 11.6 Å². The van der Waals surface area contributed by atoms with Gasteiger partial charge >= 0.3 is 0 Å². The standard InChI is InChI=1S/C16H17F2NO2/c1-10(13-8-12(21-2)4-6-16(13)20)19-9-11-3-5-14(17)15(18)7-11/h3-8,10,19-20H,9H2,1-2H3. The van der Waals surface area contributed by atoms with Crippen molar-refractivity contribution in [3.8, 4) is 11.5 Å². The van der Waals surface area contributed by atoms with Crippen LogP contribution in [0.1, 0.15) is 24.1 Å². The molecule has 0 aromatic heterocycles. The maximum atomic E-state index is 13.1. The van der Waals surface area contributed by atoms with Crippen molar-refractivity contribution in [3.63, 3.8) is 0 Å². The van der Waals surface area contributed by atoms with E-state index in [1.807, 2.05) is 6.92 Å². The van der Waals surface area contributed by atoms with Crippen LogP contribution in [0.25, 0.3) is 0 Å². The Hall–Kier alpha value is -2.14. The third-order valence-corrected chi connectivity index (χ3v) is 3.30. The van der Waals surface area contributed by atoms with Gasteiger partial charge in [0.1, 0.15) is 11.5 Å². The molecule has 1 atom stereocenters. The van der Waals surface area contributed by atoms with Crippen molar-refractivity contribution in [3.05, 3.63) is 59.2 Å². The van der Waals surface area contributed by atoms with Gasteiger partial charge in [-0.3, -0.25) is 0 Å². The molecule has 2 rings (SSSR count). The Labute approximate surface area is 122 Å². The summed E-state index contributed by atoms with van der Waals surface area (Å²) in [7, 11) is 1.55. The van der Waals surface area contributed by atoms with Gasteiger partial charge in [-0.05, 0) is 42.8 Å². The van der Waals surface area contributed by atoms with E-state index in [0.29, 0.717) is 23.4 Å². The van der Waals surface area contributed by atoms with E-state index in [0.717, 1.165) is 12.1 Å². The smallest absolute Gasteiger partial charge is 0.159 e. The van der Waals surface area contributed by atoms with Crippen LogP contribution in [-0.2, 0) is 6.54 Å². The van der Waals surface area contributed by atoms with E-state index >= 15 is 0 Å². The van der Waals surface area contributed by atoms with Crippen LogP contribution in [0.2, 0.25) is 0 Å². The molecule has 0 aliphatic rings. The quantitative estimate of drug-likeness (QED) is 0.886. The minimum Gasteiger partial charge on any atom is -0.508 e. The normalized spacial score (nSPS) is 12.2. The van der Waals surface area contributed by atoms with Gasteiger partial charge in [-0.15, -0.1) is 0 Å². The molecule has 0 saturated heterocycles. The molecule has 1 unspecified atom stereocenters. The fourth-order valence-corrected chi connectivity index (χ4v) is 2.04. The first-order valence-electron chi connectivity index (χ1n) is 6.55. The number of ether oxygens (including phenoxy) is 1. The van der Waals surface area contributed by atoms with Crippen LogP contribution < -0.4 is 10.1 Å². The van der Waals surface area contributed by atoms with Crippen molar-refractivity contribution in [2.75, 3.05) is 7.11 Å². The zero-order valence-corrected chi connectivity index (χ0v) is 11.9. The van der Waals surface area contributed by atoms with Gasteiger partial charge in [-0.1, -0.05) is 6.07 Å². The Bertz CT molecular complexity index is 632. The van der Waals surface area contributed by atoms with E-state index in [9.17, 15) is 13.9 Å². The van der Waals surface area contributed by atoms with Crippen LogP contribution in [0, 0.1) is 11.6 Å². The number of rotatable bonds is 5. The molecule has 2 aromatic rings. The van der Waals surface area contributed by atoms with Gasteiger partial charge in [-0.25, -0.2) is 8.78 Å². The number of aromatic hydroxyl groups is 1. The maximum Gasteiger partial charge on any atom is 0.159 e. The average molecular weight is 293 g/mol. The molecule has 0 spiro atoms. The van der Waals surface area contributed by atoms with E-state index in [2.05, 4.69) is 5.32 Å². The average Bonchev–Trinajstić information content (AvgIpc) is 2.48. The monoisotopic (exact) mass is 293 g/mol. The molecule has 2 aromatic carbocycles. The second-order valence-corrected chi connectivity index (χ2v) is 4.78. The molecule has 5 heteroatoms. The van der Waals surface area contributed by atoms with E-state index in [1.54, 1.807) is 25.3 Å². The first-order valence-corrected chi connectivity index (χ1v) is 6.55. The number of methoxy groups -OCH3 is 1. The lowest BCUT2D eigenvalue weighted by Gasteiger charge is -2.16. The fourth-order valence-electron chi connectivity index (χ4n) is 2.04. The summed E-state index contributed by atoms with van der Waals surface area (Å²) in [6.45, 7) is 2.23. The molecule has 0 fully saturated rings. The molecule has 0 saturated carbocycles. The number of phenolic OH excluding ortho intramolecular Hbond substituents is 1. The molecule has 21 heavy (non-hydrogen) atoms. The summed E-state index contributed by atoms with van der Waals surface area (Å²) in [5, 5.41) is 13.0. The largest absolute Gasteiger partial charge is 0.508 e. The third-order valence-electron chi connectivity index (χ3n) is 3.30. The maximum absolute atomic E-state index is 13.1. The SMILES string of the molecule is COc1ccc(O)c(C(C)NCc2ccc(F)c(F)c2)c1. The minimum absolute atomic E-state index is 0.154. The first-order chi connectivity index (χ1) is 10.0. The summed E-state index contributed by atoms with van der Waals surface area (Å²) in [4.78, 5) is 0. The van der Waals surface area contributed by atoms with Crippen molar-refractivity contribution < 1.29 is 18.6 Å². The summed E-state index contributed by atoms with van der Waals surface area (Å²) in [5.41, 5.74) is 1.31. The fraction of sp³-hybridized carbons (Fsp3) is 0.250. The first kappa shape index (κ1) is 15.3. The van der Waals surface area contributed by atoms with Crippen LogP contribution in [0.5, 0.6) is 11.5 Å². The minimum atomic E-state index is -0.869. The third kappa shape index (κ3) is 3.70. The van der Waals surface area contributed by atoms with Crippen LogP contribution in [0.4, 0.5) is 8.78 Å². The van der Waals surface area contributed by atoms with E-state index in [-0.39, 0.29) is 11.8 Å². The van der Waals surface area contributed by atoms with Crippen molar-refractivity contribution in [2.45, 2.75) is 19.5 Å². The Balaban J connectivity index is 2.07. The van der Waals surface area contributed by atoms with Gasteiger partial charge < -0.3 is 15.2 Å². The Morgan fingerprint density at radius 1 is 1.14 bits per heavy atom. The van der Waals surface area contributed by atoms with Gasteiger partial charge in [0.2, 0.25) is 0 Å². The van der Waals surface area contributed by atoms with Gasteiger partial charge in [-0.2, -0.15) is 0 Å². The summed E-state index contributed by atoms with van der Waals surface area (Å²) >= 11 is 0. The summed E-state index contributed by atoms with van der Waals surface area (Å²) < 4.78 is 31.1. The Kier molecular flexibility index (Phi) is 4.75. The van der Waals surface area contributed by atoms with E-state index in [4.69, 9.17) is 4.74 Å². The number of hydrogen-bond donors (Lipinski definition) is 2. The highest BCUT2D eigenvalue weighted by Crippen LogP contribution is 2.28. The number of halogens is 2. The molecular weight excluding hydrogens is 276 g/mol. The second-order valence-electron chi connectivity index (χ2n) is 4.78. The lowest BCUT2D eigenvalue weighted by molar-refractivity contribution is 0.407. The summed E-state index contributed by atoms with van der Waals surface area (Å²) in [6.07, 6.45) is 0. The molecule has 112 valence electrons. The lowest BCUT2D eigenvalue weighted by Crippen LogP contribution is -2.18. The van der Waals surface area contributed by atoms with Crippen LogP contribution in [-0.4, -0.2) is 12.2 Å². The molecule has 0 radical (unpaired) electrons. The van der Waals surface area contributed by atoms with Crippen molar-refractivity contribution in [2.24, 2.45) is 0 Å². The molecular formula is C16H17F2NO2. The second kappa shape index (κ2) is 6.54. The summed E-state index contributed by atoms with van der Waals surface area (Å²) in [6, 6.07) is 8.56. The van der Waals surface area contributed by atoms with Crippen molar-refractivity contribution in [1.82, 2.24) is 5.32 Å². The molecule has 0 aliphatic carbocycles. The highest BCUT2D eigenvalue weighted by Gasteiger charge is 2.12. The molecule has 0 aliphatic heterocycles. The van der Waals surface area contributed by atoms with Crippen LogP contribution in [0.15, 0.2) is 36.4 Å². The van der Waals surface area contributed by atoms with E-state index in [1.165, 1.54) is 6.07 Å². The highest BCUT2D eigenvalue weighted by molar-refractivity contribution is 5.41. The Morgan fingerprint density at radius 2 is 1.90 bits per heavy atom. The molecule has 0 bridgehead atoms. The predicted molar refractivity (Wildman–Crippen MR) is 76.3 cm³/mol. The number of benzene rings is 2. The molecule has 0 heterocycles. The van der Waals surface area contributed by atoms with Crippen molar-refractivity contribution >= 4 is 0 Å². The topological polar surface area (TPSA) is 41.5 Å². The van der Waals surface area contributed by atoms with Gasteiger partial charge in [0, 0.05) is 18.2 Å². The predicted octanol–water partition coefficient (Wildman–Crippen LogP) is 3.53. The molecule has 0 amide bonds.